The van der Waals surface area contributed by atoms with Gasteiger partial charge in [0.15, 0.2) is 16.7 Å². The molecule has 2 amide bonds. The number of aliphatic hydroxyl groups excluding tert-OH is 1. The van der Waals surface area contributed by atoms with Gasteiger partial charge < -0.3 is 34.5 Å². The maximum atomic E-state index is 12.3. The maximum absolute atomic E-state index is 12.3. The Balaban J connectivity index is 1.56. The minimum absolute atomic E-state index is 0.00821. The van der Waals surface area contributed by atoms with Crippen molar-refractivity contribution in [2.45, 2.75) is 18.3 Å². The van der Waals surface area contributed by atoms with Crippen LogP contribution in [0.25, 0.3) is 0 Å². The molecule has 2 heterocycles. The molecule has 11 heteroatoms. The number of benzene rings is 1. The molecular formula is C18H22N4O6S. The zero-order valence-corrected chi connectivity index (χ0v) is 16.7. The summed E-state index contributed by atoms with van der Waals surface area (Å²) in [6, 6.07) is 5.15. The molecule has 2 aromatic rings. The Morgan fingerprint density at radius 2 is 2.14 bits per heavy atom. The predicted octanol–water partition coefficient (Wildman–Crippen LogP) is 0.597. The molecule has 0 aliphatic carbocycles. The zero-order chi connectivity index (χ0) is 20.6. The summed E-state index contributed by atoms with van der Waals surface area (Å²) in [5.41, 5.74) is 1.09. The number of imidazole rings is 1. The molecule has 29 heavy (non-hydrogen) atoms. The molecule has 1 aromatic carbocycles. The number of anilines is 1. The lowest BCUT2D eigenvalue weighted by atomic mass is 10.3. The Kier molecular flexibility index (Phi) is 7.33. The highest BCUT2D eigenvalue weighted by atomic mass is 32.2. The lowest BCUT2D eigenvalue weighted by Crippen LogP contribution is -2.31. The van der Waals surface area contributed by atoms with Crippen molar-refractivity contribution in [3.05, 3.63) is 30.1 Å². The number of ether oxygens (including phenoxy) is 3. The van der Waals surface area contributed by atoms with Gasteiger partial charge in [-0.25, -0.2) is 4.98 Å². The number of hydrogen-bond donors (Lipinski definition) is 3. The van der Waals surface area contributed by atoms with Crippen LogP contribution in [0.5, 0.6) is 11.5 Å². The number of amides is 2. The predicted molar refractivity (Wildman–Crippen MR) is 105 cm³/mol. The number of methoxy groups -OCH3 is 1. The fraction of sp³-hybridized carbons (Fsp3) is 0.389. The van der Waals surface area contributed by atoms with Crippen LogP contribution in [0.2, 0.25) is 0 Å². The normalized spacial score (nSPS) is 12.1. The Hall–Kier alpha value is -2.76. The van der Waals surface area contributed by atoms with E-state index in [2.05, 4.69) is 15.6 Å². The molecule has 0 bridgehead atoms. The second-order valence-electron chi connectivity index (χ2n) is 6.02. The van der Waals surface area contributed by atoms with Crippen LogP contribution >= 0.6 is 11.8 Å². The molecule has 0 atom stereocenters. The summed E-state index contributed by atoms with van der Waals surface area (Å²) in [4.78, 5) is 28.6. The van der Waals surface area contributed by atoms with E-state index in [0.29, 0.717) is 41.2 Å². The van der Waals surface area contributed by atoms with Gasteiger partial charge in [0.05, 0.1) is 30.9 Å². The molecule has 0 unspecified atom stereocenters. The molecular weight excluding hydrogens is 400 g/mol. The van der Waals surface area contributed by atoms with Gasteiger partial charge in [0.2, 0.25) is 18.6 Å². The number of aliphatic hydroxyl groups is 1. The summed E-state index contributed by atoms with van der Waals surface area (Å²) in [5.74, 6) is 0.833. The highest BCUT2D eigenvalue weighted by molar-refractivity contribution is 7.99. The van der Waals surface area contributed by atoms with E-state index in [0.717, 1.165) is 0 Å². The van der Waals surface area contributed by atoms with Crippen molar-refractivity contribution in [2.24, 2.45) is 0 Å². The summed E-state index contributed by atoms with van der Waals surface area (Å²) in [5, 5.41) is 15.4. The van der Waals surface area contributed by atoms with E-state index in [9.17, 15) is 14.7 Å². The zero-order valence-electron chi connectivity index (χ0n) is 15.8. The molecule has 10 nitrogen and oxygen atoms in total. The monoisotopic (exact) mass is 422 g/mol. The SMILES string of the molecule is COCCNC(=O)Cn1c(CO)cnc1SCC(=O)Nc1ccc2c(c1)OCO2. The number of rotatable bonds is 10. The van der Waals surface area contributed by atoms with Gasteiger partial charge in [-0.05, 0) is 12.1 Å². The average Bonchev–Trinajstić information content (AvgIpc) is 3.32. The molecule has 3 N–H and O–H groups in total. The summed E-state index contributed by atoms with van der Waals surface area (Å²) in [6.07, 6.45) is 1.49. The maximum Gasteiger partial charge on any atom is 0.240 e. The number of fused-ring (bicyclic) bond motifs is 1. The van der Waals surface area contributed by atoms with E-state index in [1.165, 1.54) is 18.0 Å². The Labute approximate surface area is 171 Å². The van der Waals surface area contributed by atoms with Gasteiger partial charge in [0.25, 0.3) is 0 Å². The lowest BCUT2D eigenvalue weighted by Gasteiger charge is -2.11. The number of carbonyl (C=O) groups excluding carboxylic acids is 2. The number of hydrogen-bond acceptors (Lipinski definition) is 8. The van der Waals surface area contributed by atoms with Gasteiger partial charge in [-0.15, -0.1) is 0 Å². The van der Waals surface area contributed by atoms with Crippen LogP contribution in [-0.2, 0) is 27.5 Å². The Morgan fingerprint density at radius 1 is 1.31 bits per heavy atom. The van der Waals surface area contributed by atoms with Crippen molar-refractivity contribution in [3.8, 4) is 11.5 Å². The van der Waals surface area contributed by atoms with Crippen LogP contribution in [0.4, 0.5) is 5.69 Å². The van der Waals surface area contributed by atoms with Crippen molar-refractivity contribution < 1.29 is 28.9 Å². The van der Waals surface area contributed by atoms with Crippen LogP contribution in [0, 0.1) is 0 Å². The topological polar surface area (TPSA) is 124 Å². The molecule has 0 saturated carbocycles. The second-order valence-corrected chi connectivity index (χ2v) is 6.97. The van der Waals surface area contributed by atoms with Crippen LogP contribution in [0.3, 0.4) is 0 Å². The quantitative estimate of drug-likeness (QED) is 0.376. The third kappa shape index (κ3) is 5.62. The van der Waals surface area contributed by atoms with Crippen LogP contribution < -0.4 is 20.1 Å². The Bertz CT molecular complexity index is 872. The summed E-state index contributed by atoms with van der Waals surface area (Å²) in [7, 11) is 1.55. The van der Waals surface area contributed by atoms with Crippen molar-refractivity contribution in [2.75, 3.05) is 38.1 Å². The van der Waals surface area contributed by atoms with Crippen molar-refractivity contribution in [1.29, 1.82) is 0 Å². The molecule has 156 valence electrons. The molecule has 1 aromatic heterocycles. The summed E-state index contributed by atoms with van der Waals surface area (Å²) < 4.78 is 17.0. The number of nitrogens with one attached hydrogen (secondary N) is 2. The van der Waals surface area contributed by atoms with E-state index in [-0.39, 0.29) is 37.5 Å². The highest BCUT2D eigenvalue weighted by Crippen LogP contribution is 2.34. The molecule has 1 aliphatic heterocycles. The van der Waals surface area contributed by atoms with Gasteiger partial charge in [0, 0.05) is 25.4 Å². The molecule has 0 saturated heterocycles. The fourth-order valence-corrected chi connectivity index (χ4v) is 3.39. The van der Waals surface area contributed by atoms with Crippen LogP contribution in [0.1, 0.15) is 5.69 Å². The van der Waals surface area contributed by atoms with E-state index >= 15 is 0 Å². The fourth-order valence-electron chi connectivity index (χ4n) is 2.60. The van der Waals surface area contributed by atoms with Crippen molar-refractivity contribution in [3.63, 3.8) is 0 Å². The van der Waals surface area contributed by atoms with E-state index < -0.39 is 0 Å². The molecule has 0 spiro atoms. The first-order valence-electron chi connectivity index (χ1n) is 8.84. The molecule has 1 aliphatic rings. The minimum atomic E-state index is -0.262. The lowest BCUT2D eigenvalue weighted by molar-refractivity contribution is -0.122. The van der Waals surface area contributed by atoms with Gasteiger partial charge in [-0.3, -0.25) is 9.59 Å². The van der Waals surface area contributed by atoms with Gasteiger partial charge in [0.1, 0.15) is 6.54 Å². The van der Waals surface area contributed by atoms with Gasteiger partial charge in [-0.2, -0.15) is 0 Å². The third-order valence-corrected chi connectivity index (χ3v) is 4.97. The number of carbonyl (C=O) groups is 2. The first-order chi connectivity index (χ1) is 14.1. The van der Waals surface area contributed by atoms with E-state index in [1.807, 2.05) is 0 Å². The summed E-state index contributed by atoms with van der Waals surface area (Å²) in [6.45, 7) is 0.689. The highest BCUT2D eigenvalue weighted by Gasteiger charge is 2.16. The van der Waals surface area contributed by atoms with E-state index in [1.54, 1.807) is 29.9 Å². The van der Waals surface area contributed by atoms with Crippen molar-refractivity contribution >= 4 is 29.3 Å². The average molecular weight is 422 g/mol. The minimum Gasteiger partial charge on any atom is -0.454 e. The first-order valence-corrected chi connectivity index (χ1v) is 9.82. The molecule has 0 radical (unpaired) electrons. The van der Waals surface area contributed by atoms with Gasteiger partial charge >= 0.3 is 0 Å². The number of thioether (sulfide) groups is 1. The third-order valence-electron chi connectivity index (χ3n) is 3.98. The Morgan fingerprint density at radius 3 is 2.93 bits per heavy atom. The number of nitrogens with zero attached hydrogens (tertiary/aromatic N) is 2. The second kappa shape index (κ2) is 10.1. The van der Waals surface area contributed by atoms with Crippen molar-refractivity contribution in [1.82, 2.24) is 14.9 Å². The summed E-state index contributed by atoms with van der Waals surface area (Å²) >= 11 is 1.17. The van der Waals surface area contributed by atoms with E-state index in [4.69, 9.17) is 14.2 Å². The largest absolute Gasteiger partial charge is 0.454 e. The van der Waals surface area contributed by atoms with Crippen LogP contribution in [0.15, 0.2) is 29.6 Å². The standard InChI is InChI=1S/C18H22N4O6S/c1-26-5-4-19-16(24)8-22-13(9-23)7-20-18(22)29-10-17(25)21-12-2-3-14-15(6-12)28-11-27-14/h2-3,6-7,23H,4-5,8-11H2,1H3,(H,19,24)(H,21,25). The number of aromatic nitrogens is 2. The smallest absolute Gasteiger partial charge is 0.240 e. The molecule has 0 fully saturated rings. The first kappa shape index (κ1) is 21.0. The molecule has 3 rings (SSSR count). The van der Waals surface area contributed by atoms with Crippen LogP contribution in [-0.4, -0.2) is 59.3 Å². The van der Waals surface area contributed by atoms with Gasteiger partial charge in [-0.1, -0.05) is 11.8 Å².